The Balaban J connectivity index is 1.71. The van der Waals surface area contributed by atoms with Gasteiger partial charge in [0.25, 0.3) is 5.91 Å². The lowest BCUT2D eigenvalue weighted by Gasteiger charge is -2.04. The second kappa shape index (κ2) is 9.53. The summed E-state index contributed by atoms with van der Waals surface area (Å²) >= 11 is 1.51. The molecule has 1 N–H and O–H groups in total. The number of esters is 1. The fourth-order valence-corrected chi connectivity index (χ4v) is 2.40. The van der Waals surface area contributed by atoms with Gasteiger partial charge in [-0.1, -0.05) is 18.2 Å². The highest BCUT2D eigenvalue weighted by atomic mass is 32.1. The normalized spacial score (nSPS) is 10.8. The predicted octanol–water partition coefficient (Wildman–Crippen LogP) is 3.22. The molecular formula is C17H15F2NO4S. The lowest BCUT2D eigenvalue weighted by Crippen LogP contribution is -2.27. The van der Waals surface area contributed by atoms with Gasteiger partial charge < -0.3 is 14.8 Å². The molecule has 0 fully saturated rings. The smallest absolute Gasteiger partial charge is 0.387 e. The summed E-state index contributed by atoms with van der Waals surface area (Å²) in [5, 5.41) is 4.53. The Kier molecular flexibility index (Phi) is 7.09. The number of nitrogens with one attached hydrogen (secondary N) is 1. The molecule has 2 aromatic rings. The van der Waals surface area contributed by atoms with Crippen molar-refractivity contribution < 1.29 is 27.8 Å². The van der Waals surface area contributed by atoms with Crippen LogP contribution in [-0.2, 0) is 20.9 Å². The van der Waals surface area contributed by atoms with Crippen molar-refractivity contribution in [2.45, 2.75) is 13.2 Å². The molecule has 1 aromatic carbocycles. The average molecular weight is 367 g/mol. The number of rotatable bonds is 8. The zero-order valence-electron chi connectivity index (χ0n) is 13.0. The van der Waals surface area contributed by atoms with Gasteiger partial charge in [0.15, 0.2) is 6.61 Å². The van der Waals surface area contributed by atoms with Gasteiger partial charge in [0.1, 0.15) is 5.75 Å². The van der Waals surface area contributed by atoms with Gasteiger partial charge in [0, 0.05) is 11.0 Å². The molecule has 2 rings (SSSR count). The first kappa shape index (κ1) is 18.6. The van der Waals surface area contributed by atoms with Crippen LogP contribution in [-0.4, -0.2) is 25.1 Å². The van der Waals surface area contributed by atoms with Crippen molar-refractivity contribution in [2.75, 3.05) is 6.61 Å². The van der Waals surface area contributed by atoms with E-state index >= 15 is 0 Å². The number of thiophene rings is 1. The monoisotopic (exact) mass is 367 g/mol. The van der Waals surface area contributed by atoms with Crippen LogP contribution in [0.3, 0.4) is 0 Å². The van der Waals surface area contributed by atoms with Crippen LogP contribution in [0.2, 0.25) is 0 Å². The molecule has 0 aliphatic rings. The highest BCUT2D eigenvalue weighted by Gasteiger charge is 2.06. The summed E-state index contributed by atoms with van der Waals surface area (Å²) < 4.78 is 33.1. The van der Waals surface area contributed by atoms with Crippen molar-refractivity contribution in [2.24, 2.45) is 0 Å². The van der Waals surface area contributed by atoms with Crippen LogP contribution in [0.4, 0.5) is 8.78 Å². The summed E-state index contributed by atoms with van der Waals surface area (Å²) in [6.07, 6.45) is 2.59. The summed E-state index contributed by atoms with van der Waals surface area (Å²) in [4.78, 5) is 24.1. The Morgan fingerprint density at radius 1 is 1.20 bits per heavy atom. The van der Waals surface area contributed by atoms with Crippen LogP contribution in [0.5, 0.6) is 5.75 Å². The number of halogens is 2. The van der Waals surface area contributed by atoms with Gasteiger partial charge in [-0.15, -0.1) is 11.3 Å². The molecule has 0 aliphatic heterocycles. The number of hydrogen-bond donors (Lipinski definition) is 1. The third-order valence-electron chi connectivity index (χ3n) is 2.90. The number of alkyl halides is 2. The summed E-state index contributed by atoms with van der Waals surface area (Å²) in [5.74, 6) is -1.06. The van der Waals surface area contributed by atoms with E-state index in [1.165, 1.54) is 41.7 Å². The van der Waals surface area contributed by atoms with E-state index in [4.69, 9.17) is 4.74 Å². The van der Waals surface area contributed by atoms with Crippen molar-refractivity contribution in [1.29, 1.82) is 0 Å². The molecule has 0 saturated carbocycles. The first-order valence-corrected chi connectivity index (χ1v) is 8.09. The second-order valence-electron chi connectivity index (χ2n) is 4.74. The van der Waals surface area contributed by atoms with Gasteiger partial charge in [-0.2, -0.15) is 8.78 Å². The zero-order valence-corrected chi connectivity index (χ0v) is 13.8. The Morgan fingerprint density at radius 2 is 1.96 bits per heavy atom. The first-order chi connectivity index (χ1) is 12.0. The molecule has 25 heavy (non-hydrogen) atoms. The number of carbonyl (C=O) groups excluding carboxylic acids is 2. The number of benzene rings is 1. The van der Waals surface area contributed by atoms with E-state index in [-0.39, 0.29) is 12.4 Å². The maximum atomic E-state index is 12.0. The van der Waals surface area contributed by atoms with E-state index in [1.54, 1.807) is 0 Å². The molecule has 0 saturated heterocycles. The van der Waals surface area contributed by atoms with Crippen molar-refractivity contribution in [3.05, 3.63) is 58.3 Å². The van der Waals surface area contributed by atoms with Gasteiger partial charge in [-0.3, -0.25) is 4.79 Å². The van der Waals surface area contributed by atoms with E-state index in [0.717, 1.165) is 11.0 Å². The molecule has 1 aromatic heterocycles. The second-order valence-corrected chi connectivity index (χ2v) is 5.78. The van der Waals surface area contributed by atoms with E-state index < -0.39 is 18.5 Å². The molecule has 0 aliphatic carbocycles. The highest BCUT2D eigenvalue weighted by molar-refractivity contribution is 7.09. The molecular weight excluding hydrogens is 352 g/mol. The zero-order chi connectivity index (χ0) is 18.1. The first-order valence-electron chi connectivity index (χ1n) is 7.22. The minimum absolute atomic E-state index is 0.0251. The van der Waals surface area contributed by atoms with E-state index in [1.807, 2.05) is 17.5 Å². The molecule has 0 atom stereocenters. The molecule has 132 valence electrons. The molecule has 0 unspecified atom stereocenters. The van der Waals surface area contributed by atoms with Crippen LogP contribution >= 0.6 is 11.3 Å². The Labute approximate surface area is 146 Å². The van der Waals surface area contributed by atoms with E-state index in [0.29, 0.717) is 12.1 Å². The van der Waals surface area contributed by atoms with Gasteiger partial charge in [0.05, 0.1) is 6.54 Å². The predicted molar refractivity (Wildman–Crippen MR) is 89.2 cm³/mol. The molecule has 1 heterocycles. The van der Waals surface area contributed by atoms with Crippen LogP contribution in [0, 0.1) is 0 Å². The number of amides is 1. The molecule has 5 nitrogen and oxygen atoms in total. The Morgan fingerprint density at radius 3 is 2.60 bits per heavy atom. The third kappa shape index (κ3) is 7.13. The van der Waals surface area contributed by atoms with E-state index in [9.17, 15) is 18.4 Å². The topological polar surface area (TPSA) is 64.6 Å². The van der Waals surface area contributed by atoms with Gasteiger partial charge >= 0.3 is 12.6 Å². The number of ether oxygens (including phenoxy) is 2. The van der Waals surface area contributed by atoms with E-state index in [2.05, 4.69) is 10.1 Å². The summed E-state index contributed by atoms with van der Waals surface area (Å²) in [5.41, 5.74) is 0.598. The maximum Gasteiger partial charge on any atom is 0.387 e. The van der Waals surface area contributed by atoms with Crippen LogP contribution in [0.25, 0.3) is 6.08 Å². The lowest BCUT2D eigenvalue weighted by molar-refractivity contribution is -0.143. The van der Waals surface area contributed by atoms with Crippen LogP contribution in [0.1, 0.15) is 10.4 Å². The molecule has 0 radical (unpaired) electrons. The minimum Gasteiger partial charge on any atom is -0.452 e. The average Bonchev–Trinajstić information content (AvgIpc) is 3.10. The Hall–Kier alpha value is -2.74. The standard InChI is InChI=1S/C17H15F2NO4S/c18-17(19)24-13-6-3-12(4-7-13)5-8-16(22)23-11-15(21)20-10-14-2-1-9-25-14/h1-9,17H,10-11H2,(H,20,21). The summed E-state index contributed by atoms with van der Waals surface area (Å²) in [6, 6.07) is 9.50. The van der Waals surface area contributed by atoms with Crippen molar-refractivity contribution in [3.63, 3.8) is 0 Å². The van der Waals surface area contributed by atoms with Gasteiger partial charge in [-0.25, -0.2) is 4.79 Å². The van der Waals surface area contributed by atoms with Gasteiger partial charge in [-0.05, 0) is 35.2 Å². The van der Waals surface area contributed by atoms with Crippen LogP contribution in [0.15, 0.2) is 47.9 Å². The molecule has 0 spiro atoms. The Bertz CT molecular complexity index is 715. The van der Waals surface area contributed by atoms with Crippen molar-refractivity contribution in [1.82, 2.24) is 5.32 Å². The van der Waals surface area contributed by atoms with Gasteiger partial charge in [0.2, 0.25) is 0 Å². The summed E-state index contributed by atoms with van der Waals surface area (Å²) in [6.45, 7) is -2.88. The molecule has 1 amide bonds. The number of carbonyl (C=O) groups is 2. The quantitative estimate of drug-likeness (QED) is 0.575. The molecule has 0 bridgehead atoms. The van der Waals surface area contributed by atoms with Crippen molar-refractivity contribution >= 4 is 29.3 Å². The fourth-order valence-electron chi connectivity index (χ4n) is 1.76. The van der Waals surface area contributed by atoms with Crippen LogP contribution < -0.4 is 10.1 Å². The summed E-state index contributed by atoms with van der Waals surface area (Å²) in [7, 11) is 0. The molecule has 8 heteroatoms. The maximum absolute atomic E-state index is 12.0. The van der Waals surface area contributed by atoms with Crippen molar-refractivity contribution in [3.8, 4) is 5.75 Å². The largest absolute Gasteiger partial charge is 0.452 e. The minimum atomic E-state index is -2.89. The lowest BCUT2D eigenvalue weighted by atomic mass is 10.2. The highest BCUT2D eigenvalue weighted by Crippen LogP contribution is 2.15. The fraction of sp³-hybridized carbons (Fsp3) is 0.176. The third-order valence-corrected chi connectivity index (χ3v) is 3.78. The number of hydrogen-bond acceptors (Lipinski definition) is 5. The SMILES string of the molecule is O=C(COC(=O)C=Cc1ccc(OC(F)F)cc1)NCc1cccs1.